The molecule has 174 valence electrons. The van der Waals surface area contributed by atoms with Crippen LogP contribution in [-0.2, 0) is 16.6 Å². The summed E-state index contributed by atoms with van der Waals surface area (Å²) < 4.78 is 39.9. The second kappa shape index (κ2) is 10.2. The molecule has 0 aliphatic carbocycles. The van der Waals surface area contributed by atoms with E-state index in [0.29, 0.717) is 32.7 Å². The Morgan fingerprint density at radius 2 is 1.58 bits per heavy atom. The summed E-state index contributed by atoms with van der Waals surface area (Å²) in [6, 6.07) is 19.6. The van der Waals surface area contributed by atoms with E-state index in [1.807, 2.05) is 47.4 Å². The smallest absolute Gasteiger partial charge is 0.315 e. The third-order valence-corrected chi connectivity index (χ3v) is 7.66. The van der Waals surface area contributed by atoms with Crippen LogP contribution in [0.15, 0.2) is 66.7 Å². The molecule has 9 heteroatoms. The highest BCUT2D eigenvalue weighted by Gasteiger charge is 2.26. The van der Waals surface area contributed by atoms with E-state index < -0.39 is 16.1 Å². The number of nitrogens with zero attached hydrogens (tertiary/aromatic N) is 2. The van der Waals surface area contributed by atoms with Gasteiger partial charge in [-0.15, -0.1) is 0 Å². The maximum Gasteiger partial charge on any atom is 0.315 e. The van der Waals surface area contributed by atoms with E-state index in [4.69, 9.17) is 0 Å². The zero-order valence-corrected chi connectivity index (χ0v) is 19.0. The molecule has 3 aromatic rings. The van der Waals surface area contributed by atoms with E-state index in [2.05, 4.69) is 10.6 Å². The van der Waals surface area contributed by atoms with Crippen molar-refractivity contribution in [2.45, 2.75) is 6.54 Å². The van der Waals surface area contributed by atoms with Gasteiger partial charge in [-0.25, -0.2) is 17.6 Å². The van der Waals surface area contributed by atoms with Crippen molar-refractivity contribution in [3.63, 3.8) is 0 Å². The Morgan fingerprint density at radius 1 is 0.879 bits per heavy atom. The fourth-order valence-corrected chi connectivity index (χ4v) is 5.32. The topological polar surface area (TPSA) is 81.8 Å². The minimum absolute atomic E-state index is 0.0296. The standard InChI is InChI=1S/C24H27FN4O3S/c25-21-8-10-22(11-9-21)28-13-15-29(16-14-28)33(31,32)17-12-26-24(30)27-18-20-6-3-5-19-4-1-2-7-23(19)20/h1-11H,12-18H2,(H2,26,27,30). The van der Waals surface area contributed by atoms with Crippen LogP contribution >= 0.6 is 0 Å². The molecule has 0 spiro atoms. The Kier molecular flexibility index (Phi) is 7.10. The number of piperazine rings is 1. The zero-order chi connectivity index (χ0) is 23.3. The molecular formula is C24H27FN4O3S. The van der Waals surface area contributed by atoms with Gasteiger partial charge in [0.05, 0.1) is 5.75 Å². The second-order valence-corrected chi connectivity index (χ2v) is 10.0. The number of sulfonamides is 1. The molecule has 33 heavy (non-hydrogen) atoms. The normalized spacial score (nSPS) is 14.9. The fraction of sp³-hybridized carbons (Fsp3) is 0.292. The lowest BCUT2D eigenvalue weighted by Gasteiger charge is -2.35. The van der Waals surface area contributed by atoms with E-state index in [0.717, 1.165) is 22.0 Å². The van der Waals surface area contributed by atoms with Gasteiger partial charge in [0.25, 0.3) is 0 Å². The van der Waals surface area contributed by atoms with Gasteiger partial charge in [0.2, 0.25) is 10.0 Å². The average molecular weight is 471 g/mol. The largest absolute Gasteiger partial charge is 0.369 e. The first-order valence-electron chi connectivity index (χ1n) is 10.9. The number of benzene rings is 3. The molecule has 3 aromatic carbocycles. The second-order valence-electron chi connectivity index (χ2n) is 7.93. The first-order valence-corrected chi connectivity index (χ1v) is 12.5. The summed E-state index contributed by atoms with van der Waals surface area (Å²) in [7, 11) is -3.48. The van der Waals surface area contributed by atoms with Crippen molar-refractivity contribution in [2.75, 3.05) is 43.4 Å². The highest BCUT2D eigenvalue weighted by atomic mass is 32.2. The van der Waals surface area contributed by atoms with E-state index >= 15 is 0 Å². The van der Waals surface area contributed by atoms with Crippen molar-refractivity contribution in [3.05, 3.63) is 78.1 Å². The predicted molar refractivity (Wildman–Crippen MR) is 128 cm³/mol. The monoisotopic (exact) mass is 470 g/mol. The van der Waals surface area contributed by atoms with Crippen LogP contribution in [0, 0.1) is 5.82 Å². The number of carbonyl (C=O) groups is 1. The van der Waals surface area contributed by atoms with E-state index in [9.17, 15) is 17.6 Å². The molecule has 1 saturated heterocycles. The van der Waals surface area contributed by atoms with Crippen LogP contribution in [-0.4, -0.2) is 57.2 Å². The third-order valence-electron chi connectivity index (χ3n) is 5.79. The molecule has 1 fully saturated rings. The molecule has 0 atom stereocenters. The number of amides is 2. The van der Waals surface area contributed by atoms with Crippen LogP contribution in [0.4, 0.5) is 14.9 Å². The zero-order valence-electron chi connectivity index (χ0n) is 18.2. The molecule has 4 rings (SSSR count). The molecule has 2 amide bonds. The van der Waals surface area contributed by atoms with Crippen molar-refractivity contribution in [1.29, 1.82) is 0 Å². The highest BCUT2D eigenvalue weighted by Crippen LogP contribution is 2.19. The van der Waals surface area contributed by atoms with E-state index in [1.54, 1.807) is 12.1 Å². The van der Waals surface area contributed by atoms with Gasteiger partial charge >= 0.3 is 6.03 Å². The number of fused-ring (bicyclic) bond motifs is 1. The van der Waals surface area contributed by atoms with Gasteiger partial charge in [0, 0.05) is 45.0 Å². The quantitative estimate of drug-likeness (QED) is 0.556. The Balaban J connectivity index is 1.22. The number of hydrogen-bond donors (Lipinski definition) is 2. The van der Waals surface area contributed by atoms with Gasteiger partial charge in [-0.2, -0.15) is 4.31 Å². The summed E-state index contributed by atoms with van der Waals surface area (Å²) >= 11 is 0. The van der Waals surface area contributed by atoms with Crippen LogP contribution in [0.25, 0.3) is 10.8 Å². The van der Waals surface area contributed by atoms with Crippen LogP contribution in [0.2, 0.25) is 0 Å². The Labute approximate surface area is 193 Å². The number of urea groups is 1. The lowest BCUT2D eigenvalue weighted by Crippen LogP contribution is -2.50. The van der Waals surface area contributed by atoms with Crippen LogP contribution in [0.5, 0.6) is 0 Å². The van der Waals surface area contributed by atoms with Gasteiger partial charge < -0.3 is 15.5 Å². The molecule has 1 aliphatic heterocycles. The van der Waals surface area contributed by atoms with E-state index in [-0.39, 0.29) is 18.1 Å². The minimum Gasteiger partial charge on any atom is -0.369 e. The Morgan fingerprint density at radius 3 is 2.33 bits per heavy atom. The molecule has 0 unspecified atom stereocenters. The summed E-state index contributed by atoms with van der Waals surface area (Å²) in [6.45, 7) is 2.15. The van der Waals surface area contributed by atoms with Crippen LogP contribution in [0.1, 0.15) is 5.56 Å². The van der Waals surface area contributed by atoms with Crippen molar-refractivity contribution in [3.8, 4) is 0 Å². The van der Waals surface area contributed by atoms with Crippen molar-refractivity contribution < 1.29 is 17.6 Å². The van der Waals surface area contributed by atoms with Crippen molar-refractivity contribution >= 4 is 32.5 Å². The number of nitrogens with one attached hydrogen (secondary N) is 2. The number of anilines is 1. The molecule has 0 saturated carbocycles. The fourth-order valence-electron chi connectivity index (χ4n) is 3.98. The molecule has 2 N–H and O–H groups in total. The maximum absolute atomic E-state index is 13.1. The van der Waals surface area contributed by atoms with Gasteiger partial charge in [0.15, 0.2) is 0 Å². The Bertz CT molecular complexity index is 1200. The number of carbonyl (C=O) groups excluding carboxylic acids is 1. The lowest BCUT2D eigenvalue weighted by molar-refractivity contribution is 0.241. The molecule has 1 aliphatic rings. The number of hydrogen-bond acceptors (Lipinski definition) is 4. The average Bonchev–Trinajstić information content (AvgIpc) is 2.83. The molecule has 1 heterocycles. The lowest BCUT2D eigenvalue weighted by atomic mass is 10.0. The van der Waals surface area contributed by atoms with Gasteiger partial charge in [-0.3, -0.25) is 0 Å². The summed E-state index contributed by atoms with van der Waals surface area (Å²) in [4.78, 5) is 14.2. The van der Waals surface area contributed by atoms with Crippen molar-refractivity contribution in [1.82, 2.24) is 14.9 Å². The number of halogens is 1. The van der Waals surface area contributed by atoms with Crippen LogP contribution in [0.3, 0.4) is 0 Å². The third kappa shape index (κ3) is 5.80. The first-order chi connectivity index (χ1) is 15.9. The molecular weight excluding hydrogens is 443 g/mol. The summed E-state index contributed by atoms with van der Waals surface area (Å²) in [5.74, 6) is -0.459. The highest BCUT2D eigenvalue weighted by molar-refractivity contribution is 7.89. The SMILES string of the molecule is O=C(NCCS(=O)(=O)N1CCN(c2ccc(F)cc2)CC1)NCc1cccc2ccccc12. The van der Waals surface area contributed by atoms with Crippen LogP contribution < -0.4 is 15.5 Å². The molecule has 7 nitrogen and oxygen atoms in total. The van der Waals surface area contributed by atoms with Gasteiger partial charge in [-0.05, 0) is 40.6 Å². The summed E-state index contributed by atoms with van der Waals surface area (Å²) in [5, 5.41) is 7.60. The molecule has 0 aromatic heterocycles. The number of rotatable bonds is 7. The molecule has 0 bridgehead atoms. The Hall–Kier alpha value is -3.17. The first kappa shape index (κ1) is 23.0. The van der Waals surface area contributed by atoms with Gasteiger partial charge in [0.1, 0.15) is 5.82 Å². The molecule has 0 radical (unpaired) electrons. The summed E-state index contributed by atoms with van der Waals surface area (Å²) in [5.41, 5.74) is 1.87. The predicted octanol–water partition coefficient (Wildman–Crippen LogP) is 2.93. The minimum atomic E-state index is -3.48. The summed E-state index contributed by atoms with van der Waals surface area (Å²) in [6.07, 6.45) is 0. The van der Waals surface area contributed by atoms with Gasteiger partial charge in [-0.1, -0.05) is 42.5 Å². The van der Waals surface area contributed by atoms with Crippen molar-refractivity contribution in [2.24, 2.45) is 0 Å². The maximum atomic E-state index is 13.1. The van der Waals surface area contributed by atoms with E-state index in [1.165, 1.54) is 16.4 Å².